The van der Waals surface area contributed by atoms with E-state index in [4.69, 9.17) is 9.26 Å². The number of carbonyl (C=O) groups excluding carboxylic acids is 5. The van der Waals surface area contributed by atoms with Crippen molar-refractivity contribution in [2.45, 2.75) is 65.2 Å². The van der Waals surface area contributed by atoms with E-state index in [1.807, 2.05) is 49.1 Å². The van der Waals surface area contributed by atoms with Gasteiger partial charge >= 0.3 is 0 Å². The Hall–Kier alpha value is -5.32. The van der Waals surface area contributed by atoms with E-state index < -0.39 is 48.3 Å². The summed E-state index contributed by atoms with van der Waals surface area (Å²) in [6, 6.07) is 8.16. The number of ether oxygens (including phenoxy) is 1. The minimum absolute atomic E-state index is 0.0410. The summed E-state index contributed by atoms with van der Waals surface area (Å²) in [6.45, 7) is 8.99. The lowest BCUT2D eigenvalue weighted by atomic mass is 10.0. The van der Waals surface area contributed by atoms with E-state index >= 15 is 0 Å². The van der Waals surface area contributed by atoms with Gasteiger partial charge in [-0.25, -0.2) is 9.67 Å². The monoisotopic (exact) mass is 706 g/mol. The number of anilines is 1. The summed E-state index contributed by atoms with van der Waals surface area (Å²) in [5, 5.41) is 19.8. The minimum atomic E-state index is -1.02. The van der Waals surface area contributed by atoms with Crippen LogP contribution in [0.2, 0.25) is 0 Å². The summed E-state index contributed by atoms with van der Waals surface area (Å²) >= 11 is 0. The van der Waals surface area contributed by atoms with Gasteiger partial charge in [0.25, 0.3) is 5.91 Å². The van der Waals surface area contributed by atoms with Gasteiger partial charge in [-0.3, -0.25) is 24.0 Å². The average molecular weight is 707 g/mol. The molecule has 17 heteroatoms. The molecule has 3 aromatic rings. The van der Waals surface area contributed by atoms with Gasteiger partial charge in [0.15, 0.2) is 11.6 Å². The Bertz CT molecular complexity index is 1680. The summed E-state index contributed by atoms with van der Waals surface area (Å²) in [5.41, 5.74) is 0.737. The molecule has 5 rings (SSSR count). The molecular formula is C34H46N10O7. The highest BCUT2D eigenvalue weighted by Crippen LogP contribution is 2.20. The second kappa shape index (κ2) is 17.1. The van der Waals surface area contributed by atoms with Crippen molar-refractivity contribution in [3.05, 3.63) is 48.0 Å². The highest BCUT2D eigenvalue weighted by atomic mass is 16.5. The van der Waals surface area contributed by atoms with Gasteiger partial charge in [-0.15, -0.1) is 0 Å². The number of nitrogens with one attached hydrogen (secondary N) is 4. The number of carbonyl (C=O) groups is 5. The molecule has 0 saturated carbocycles. The highest BCUT2D eigenvalue weighted by Gasteiger charge is 2.30. The number of amides is 5. The summed E-state index contributed by atoms with van der Waals surface area (Å²) in [6.07, 6.45) is 0.620. The fourth-order valence-electron chi connectivity index (χ4n) is 5.81. The van der Waals surface area contributed by atoms with Crippen LogP contribution in [0, 0.1) is 5.92 Å². The molecule has 0 aliphatic carbocycles. The lowest BCUT2D eigenvalue weighted by molar-refractivity contribution is -0.132. The number of nitrogens with zero attached hydrogens (tertiary/aromatic N) is 6. The first kappa shape index (κ1) is 36.9. The molecular weight excluding hydrogens is 660 g/mol. The lowest BCUT2D eigenvalue weighted by Gasteiger charge is -2.26. The van der Waals surface area contributed by atoms with Gasteiger partial charge in [-0.2, -0.15) is 5.10 Å². The fraction of sp³-hybridized carbons (Fsp3) is 0.529. The van der Waals surface area contributed by atoms with E-state index in [0.717, 1.165) is 5.56 Å². The van der Waals surface area contributed by atoms with Crippen LogP contribution in [-0.4, -0.2) is 112 Å². The van der Waals surface area contributed by atoms with Gasteiger partial charge in [0.05, 0.1) is 25.8 Å². The largest absolute Gasteiger partial charge is 0.378 e. The first-order chi connectivity index (χ1) is 24.5. The van der Waals surface area contributed by atoms with Gasteiger partial charge in [-0.05, 0) is 32.6 Å². The van der Waals surface area contributed by atoms with Crippen LogP contribution in [-0.2, 0) is 30.5 Å². The Morgan fingerprint density at radius 1 is 0.922 bits per heavy atom. The fourth-order valence-corrected chi connectivity index (χ4v) is 5.81. The molecule has 0 unspecified atom stereocenters. The molecule has 3 atom stereocenters. The van der Waals surface area contributed by atoms with Crippen molar-refractivity contribution in [1.29, 1.82) is 0 Å². The van der Waals surface area contributed by atoms with Gasteiger partial charge < -0.3 is 40.3 Å². The van der Waals surface area contributed by atoms with Crippen molar-refractivity contribution in [3.8, 4) is 11.4 Å². The number of fused-ring (bicyclic) bond motifs is 1. The molecule has 2 aromatic heterocycles. The molecule has 1 saturated heterocycles. The molecule has 5 amide bonds. The Kier molecular flexibility index (Phi) is 12.4. The van der Waals surface area contributed by atoms with Crippen LogP contribution in [0.15, 0.2) is 40.9 Å². The van der Waals surface area contributed by atoms with Crippen molar-refractivity contribution in [2.75, 3.05) is 50.8 Å². The number of rotatable bonds is 5. The summed E-state index contributed by atoms with van der Waals surface area (Å²) in [4.78, 5) is 74.8. The maximum absolute atomic E-state index is 13.6. The Morgan fingerprint density at radius 3 is 2.39 bits per heavy atom. The maximum atomic E-state index is 13.6. The molecule has 274 valence electrons. The predicted molar refractivity (Wildman–Crippen MR) is 184 cm³/mol. The molecule has 4 heterocycles. The van der Waals surface area contributed by atoms with Crippen LogP contribution in [0.1, 0.15) is 63.0 Å². The van der Waals surface area contributed by atoms with Crippen molar-refractivity contribution in [2.24, 2.45) is 5.92 Å². The van der Waals surface area contributed by atoms with Crippen molar-refractivity contribution >= 4 is 35.4 Å². The van der Waals surface area contributed by atoms with Crippen molar-refractivity contribution in [1.82, 2.24) is 46.1 Å². The van der Waals surface area contributed by atoms with E-state index in [0.29, 0.717) is 56.6 Å². The zero-order chi connectivity index (χ0) is 36.5. The highest BCUT2D eigenvalue weighted by molar-refractivity contribution is 5.96. The number of benzene rings is 1. The van der Waals surface area contributed by atoms with Crippen molar-refractivity contribution in [3.63, 3.8) is 0 Å². The molecule has 1 aromatic carbocycles. The minimum Gasteiger partial charge on any atom is -0.378 e. The molecule has 51 heavy (non-hydrogen) atoms. The van der Waals surface area contributed by atoms with Gasteiger partial charge in [0.1, 0.15) is 24.5 Å². The van der Waals surface area contributed by atoms with E-state index in [2.05, 4.69) is 36.5 Å². The van der Waals surface area contributed by atoms with E-state index in [1.54, 1.807) is 6.92 Å². The molecule has 0 radical (unpaired) electrons. The van der Waals surface area contributed by atoms with E-state index in [-0.39, 0.29) is 37.2 Å². The SMILES string of the molecule is CC(C)C[C@H]1NC(=O)[C@@H](C)NC(=O)CN(C(=O)c2cc(N3CCOCC3)no2)CCCNC(=O)Cn2nc(-c3ccccc3)nc2[C@H](C)NC1=O. The molecule has 2 aliphatic heterocycles. The molecule has 0 spiro atoms. The molecule has 2 aliphatic rings. The number of hydrogen-bond acceptors (Lipinski definition) is 11. The summed E-state index contributed by atoms with van der Waals surface area (Å²) < 4.78 is 12.2. The van der Waals surface area contributed by atoms with E-state index in [9.17, 15) is 24.0 Å². The Labute approximate surface area is 295 Å². The second-order valence-corrected chi connectivity index (χ2v) is 13.1. The average Bonchev–Trinajstić information content (AvgIpc) is 3.77. The zero-order valence-corrected chi connectivity index (χ0v) is 29.4. The molecule has 17 nitrogen and oxygen atoms in total. The van der Waals surface area contributed by atoms with Gasteiger partial charge in [0, 0.05) is 37.8 Å². The molecule has 0 bridgehead atoms. The van der Waals surface area contributed by atoms with Crippen LogP contribution < -0.4 is 26.2 Å². The van der Waals surface area contributed by atoms with Crippen molar-refractivity contribution < 1.29 is 33.2 Å². The topological polar surface area (TPSA) is 206 Å². The van der Waals surface area contributed by atoms with Crippen LogP contribution >= 0.6 is 0 Å². The first-order valence-electron chi connectivity index (χ1n) is 17.2. The third kappa shape index (κ3) is 9.90. The smallest absolute Gasteiger partial charge is 0.293 e. The zero-order valence-electron chi connectivity index (χ0n) is 29.4. The standard InChI is InChI=1S/C34H46N10O7/c1-21(2)17-25-33(48)37-22(3)31-39-30(24-9-6-5-7-10-24)40-44(31)20-28(45)35-11-8-12-43(19-29(46)36-23(4)32(47)38-25)34(49)26-18-27(41-51-26)42-13-15-50-16-14-42/h5-7,9-10,18,21-23,25H,8,11-17,19-20H2,1-4H3,(H,35,45)(H,36,46)(H,37,48)(H,38,47)/t22-,23+,25+/m0/s1. The van der Waals surface area contributed by atoms with E-state index in [1.165, 1.54) is 22.6 Å². The number of hydrogen-bond donors (Lipinski definition) is 4. The Morgan fingerprint density at radius 2 is 1.67 bits per heavy atom. The normalized spacial score (nSPS) is 21.8. The van der Waals surface area contributed by atoms with Crippen LogP contribution in [0.4, 0.5) is 5.82 Å². The number of aromatic nitrogens is 4. The number of morpholine rings is 1. The molecule has 4 N–H and O–H groups in total. The quantitative estimate of drug-likeness (QED) is 0.290. The first-order valence-corrected chi connectivity index (χ1v) is 17.2. The maximum Gasteiger partial charge on any atom is 0.293 e. The van der Waals surface area contributed by atoms with Crippen LogP contribution in [0.5, 0.6) is 0 Å². The summed E-state index contributed by atoms with van der Waals surface area (Å²) in [7, 11) is 0. The summed E-state index contributed by atoms with van der Waals surface area (Å²) in [5.74, 6) is -1.34. The van der Waals surface area contributed by atoms with Crippen LogP contribution in [0.25, 0.3) is 11.4 Å². The van der Waals surface area contributed by atoms with Crippen LogP contribution in [0.3, 0.4) is 0 Å². The van der Waals surface area contributed by atoms with Gasteiger partial charge in [0.2, 0.25) is 29.4 Å². The Balaban J connectivity index is 1.39. The lowest BCUT2D eigenvalue weighted by Crippen LogP contribution is -2.54. The third-order valence-corrected chi connectivity index (χ3v) is 8.47. The van der Waals surface area contributed by atoms with Gasteiger partial charge in [-0.1, -0.05) is 49.3 Å². The predicted octanol–water partition coefficient (Wildman–Crippen LogP) is 0.645. The second-order valence-electron chi connectivity index (χ2n) is 13.1. The molecule has 1 fully saturated rings. The third-order valence-electron chi connectivity index (χ3n) is 8.47.